The highest BCUT2D eigenvalue weighted by atomic mass is 16.5. The Kier molecular flexibility index (Phi) is 5.46. The normalized spacial score (nSPS) is 23.5. The molecule has 0 unspecified atom stereocenters. The van der Waals surface area contributed by atoms with Gasteiger partial charge in [0.25, 0.3) is 0 Å². The largest absolute Gasteiger partial charge is 0.381 e. The number of amides is 1. The van der Waals surface area contributed by atoms with Gasteiger partial charge < -0.3 is 15.0 Å². The third-order valence-corrected chi connectivity index (χ3v) is 4.81. The first-order valence-corrected chi connectivity index (χ1v) is 8.43. The molecule has 0 aromatic heterocycles. The molecule has 1 amide bonds. The standard InChI is InChI=1S/C18H26N2O2/c21-18(19-12-15-4-2-1-3-5-15)17-6-9-20(10-7-17)13-16-8-11-22-14-16/h1-5,16-17H,6-14H2,(H,19,21)/t16-/m0/s1. The number of piperidine rings is 1. The molecule has 2 heterocycles. The second-order valence-electron chi connectivity index (χ2n) is 6.51. The van der Waals surface area contributed by atoms with Gasteiger partial charge in [-0.2, -0.15) is 0 Å². The van der Waals surface area contributed by atoms with Gasteiger partial charge in [0.2, 0.25) is 5.91 Å². The predicted octanol–water partition coefficient (Wildman–Crippen LogP) is 2.05. The van der Waals surface area contributed by atoms with E-state index in [0.717, 1.165) is 51.3 Å². The van der Waals surface area contributed by atoms with Gasteiger partial charge in [0.1, 0.15) is 0 Å². The van der Waals surface area contributed by atoms with Crippen molar-refractivity contribution in [3.63, 3.8) is 0 Å². The third-order valence-electron chi connectivity index (χ3n) is 4.81. The number of benzene rings is 1. The van der Waals surface area contributed by atoms with Crippen LogP contribution in [0.5, 0.6) is 0 Å². The van der Waals surface area contributed by atoms with Crippen LogP contribution in [0.1, 0.15) is 24.8 Å². The summed E-state index contributed by atoms with van der Waals surface area (Å²) in [5.41, 5.74) is 1.16. The highest BCUT2D eigenvalue weighted by molar-refractivity contribution is 5.78. The van der Waals surface area contributed by atoms with Crippen molar-refractivity contribution < 1.29 is 9.53 Å². The zero-order valence-electron chi connectivity index (χ0n) is 13.2. The zero-order valence-corrected chi connectivity index (χ0v) is 13.2. The Labute approximate surface area is 132 Å². The number of likely N-dealkylation sites (tertiary alicyclic amines) is 1. The summed E-state index contributed by atoms with van der Waals surface area (Å²) in [4.78, 5) is 14.8. The van der Waals surface area contributed by atoms with Crippen LogP contribution >= 0.6 is 0 Å². The highest BCUT2D eigenvalue weighted by Gasteiger charge is 2.27. The Hall–Kier alpha value is -1.39. The van der Waals surface area contributed by atoms with Gasteiger partial charge in [-0.25, -0.2) is 0 Å². The van der Waals surface area contributed by atoms with Crippen molar-refractivity contribution in [1.82, 2.24) is 10.2 Å². The van der Waals surface area contributed by atoms with E-state index in [-0.39, 0.29) is 11.8 Å². The van der Waals surface area contributed by atoms with Gasteiger partial charge in [-0.05, 0) is 43.8 Å². The van der Waals surface area contributed by atoms with Crippen molar-refractivity contribution in [2.24, 2.45) is 11.8 Å². The lowest BCUT2D eigenvalue weighted by molar-refractivity contribution is -0.126. The maximum atomic E-state index is 12.3. The van der Waals surface area contributed by atoms with Crippen molar-refractivity contribution in [2.75, 3.05) is 32.8 Å². The third kappa shape index (κ3) is 4.31. The van der Waals surface area contributed by atoms with Crippen LogP contribution in [-0.4, -0.2) is 43.7 Å². The molecule has 0 bridgehead atoms. The Bertz CT molecular complexity index is 463. The minimum atomic E-state index is 0.180. The van der Waals surface area contributed by atoms with E-state index in [4.69, 9.17) is 4.74 Å². The predicted molar refractivity (Wildman–Crippen MR) is 86.4 cm³/mol. The quantitative estimate of drug-likeness (QED) is 0.905. The zero-order chi connectivity index (χ0) is 15.2. The summed E-state index contributed by atoms with van der Waals surface area (Å²) >= 11 is 0. The summed E-state index contributed by atoms with van der Waals surface area (Å²) in [6.07, 6.45) is 3.15. The molecule has 2 aliphatic rings. The van der Waals surface area contributed by atoms with Crippen molar-refractivity contribution in [3.05, 3.63) is 35.9 Å². The Morgan fingerprint density at radius 3 is 2.64 bits per heavy atom. The van der Waals surface area contributed by atoms with Crippen LogP contribution in [0, 0.1) is 11.8 Å². The van der Waals surface area contributed by atoms with Gasteiger partial charge in [0, 0.05) is 25.6 Å². The average molecular weight is 302 g/mol. The smallest absolute Gasteiger partial charge is 0.223 e. The van der Waals surface area contributed by atoms with Gasteiger partial charge in [-0.1, -0.05) is 30.3 Å². The van der Waals surface area contributed by atoms with E-state index in [1.807, 2.05) is 30.3 Å². The molecule has 0 radical (unpaired) electrons. The van der Waals surface area contributed by atoms with E-state index in [0.29, 0.717) is 12.5 Å². The van der Waals surface area contributed by atoms with E-state index in [1.54, 1.807) is 0 Å². The molecule has 0 aliphatic carbocycles. The summed E-state index contributed by atoms with van der Waals surface area (Å²) in [6.45, 7) is 5.69. The fraction of sp³-hybridized carbons (Fsp3) is 0.611. The molecule has 120 valence electrons. The van der Waals surface area contributed by atoms with E-state index in [9.17, 15) is 4.79 Å². The lowest BCUT2D eigenvalue weighted by Crippen LogP contribution is -2.42. The van der Waals surface area contributed by atoms with Gasteiger partial charge >= 0.3 is 0 Å². The number of nitrogens with one attached hydrogen (secondary N) is 1. The number of hydrogen-bond acceptors (Lipinski definition) is 3. The number of rotatable bonds is 5. The lowest BCUT2D eigenvalue weighted by atomic mass is 9.95. The van der Waals surface area contributed by atoms with E-state index < -0.39 is 0 Å². The van der Waals surface area contributed by atoms with Crippen LogP contribution in [0.3, 0.4) is 0 Å². The Balaban J connectivity index is 1.38. The molecule has 2 aliphatic heterocycles. The van der Waals surface area contributed by atoms with Crippen molar-refractivity contribution >= 4 is 5.91 Å². The number of hydrogen-bond donors (Lipinski definition) is 1. The highest BCUT2D eigenvalue weighted by Crippen LogP contribution is 2.21. The summed E-state index contributed by atoms with van der Waals surface area (Å²) in [5, 5.41) is 3.08. The Morgan fingerprint density at radius 1 is 1.18 bits per heavy atom. The molecule has 0 saturated carbocycles. The SMILES string of the molecule is O=C(NCc1ccccc1)C1CCN(C[C@@H]2CCOC2)CC1. The average Bonchev–Trinajstić information content (AvgIpc) is 3.07. The van der Waals surface area contributed by atoms with Crippen LogP contribution < -0.4 is 5.32 Å². The molecule has 2 saturated heterocycles. The second-order valence-corrected chi connectivity index (χ2v) is 6.51. The number of ether oxygens (including phenoxy) is 1. The topological polar surface area (TPSA) is 41.6 Å². The van der Waals surface area contributed by atoms with Gasteiger partial charge in [-0.15, -0.1) is 0 Å². The first-order chi connectivity index (χ1) is 10.8. The summed E-state index contributed by atoms with van der Waals surface area (Å²) in [7, 11) is 0. The summed E-state index contributed by atoms with van der Waals surface area (Å²) in [5.74, 6) is 1.09. The van der Waals surface area contributed by atoms with E-state index in [2.05, 4.69) is 10.2 Å². The molecule has 3 rings (SSSR count). The van der Waals surface area contributed by atoms with Crippen LogP contribution in [0.15, 0.2) is 30.3 Å². The molecule has 0 spiro atoms. The molecule has 2 fully saturated rings. The fourth-order valence-corrected chi connectivity index (χ4v) is 3.40. The minimum absolute atomic E-state index is 0.180. The molecule has 1 aromatic carbocycles. The van der Waals surface area contributed by atoms with Crippen LogP contribution in [0.2, 0.25) is 0 Å². The van der Waals surface area contributed by atoms with Gasteiger partial charge in [0.15, 0.2) is 0 Å². The van der Waals surface area contributed by atoms with Crippen molar-refractivity contribution in [2.45, 2.75) is 25.8 Å². The summed E-state index contributed by atoms with van der Waals surface area (Å²) in [6, 6.07) is 10.1. The number of carbonyl (C=O) groups excluding carboxylic acids is 1. The molecule has 1 aromatic rings. The van der Waals surface area contributed by atoms with Crippen LogP contribution in [-0.2, 0) is 16.1 Å². The molecule has 1 atom stereocenters. The monoisotopic (exact) mass is 302 g/mol. The Morgan fingerprint density at radius 2 is 1.95 bits per heavy atom. The minimum Gasteiger partial charge on any atom is -0.381 e. The summed E-state index contributed by atoms with van der Waals surface area (Å²) < 4.78 is 5.44. The second kappa shape index (κ2) is 7.75. The molecule has 4 heteroatoms. The van der Waals surface area contributed by atoms with Crippen molar-refractivity contribution in [3.8, 4) is 0 Å². The first-order valence-electron chi connectivity index (χ1n) is 8.43. The van der Waals surface area contributed by atoms with E-state index in [1.165, 1.54) is 6.42 Å². The maximum absolute atomic E-state index is 12.3. The molecule has 4 nitrogen and oxygen atoms in total. The van der Waals surface area contributed by atoms with E-state index >= 15 is 0 Å². The maximum Gasteiger partial charge on any atom is 0.223 e. The van der Waals surface area contributed by atoms with Crippen LogP contribution in [0.25, 0.3) is 0 Å². The van der Waals surface area contributed by atoms with Crippen molar-refractivity contribution in [1.29, 1.82) is 0 Å². The van der Waals surface area contributed by atoms with Crippen LogP contribution in [0.4, 0.5) is 0 Å². The number of carbonyl (C=O) groups is 1. The fourth-order valence-electron chi connectivity index (χ4n) is 3.40. The molecular formula is C18H26N2O2. The molecule has 1 N–H and O–H groups in total. The first kappa shape index (κ1) is 15.5. The molecule has 22 heavy (non-hydrogen) atoms. The lowest BCUT2D eigenvalue weighted by Gasteiger charge is -2.32. The van der Waals surface area contributed by atoms with Gasteiger partial charge in [-0.3, -0.25) is 4.79 Å². The van der Waals surface area contributed by atoms with Gasteiger partial charge in [0.05, 0.1) is 6.61 Å². The molecular weight excluding hydrogens is 276 g/mol. The number of nitrogens with zero attached hydrogens (tertiary/aromatic N) is 1.